The molecular weight excluding hydrogens is 520 g/mol. The zero-order valence-corrected chi connectivity index (χ0v) is 20.5. The Kier molecular flexibility index (Phi) is 7.64. The molecule has 176 valence electrons. The number of carbonyl (C=O) groups excluding carboxylic acids is 2. The van der Waals surface area contributed by atoms with Crippen LogP contribution in [0.25, 0.3) is 11.1 Å². The van der Waals surface area contributed by atoms with E-state index in [4.69, 9.17) is 4.74 Å². The van der Waals surface area contributed by atoms with Crippen LogP contribution in [0.2, 0.25) is 0 Å². The molecule has 9 heteroatoms. The molecule has 0 bridgehead atoms. The zero-order chi connectivity index (χ0) is 24.1. The van der Waals surface area contributed by atoms with Gasteiger partial charge in [-0.2, -0.15) is 0 Å². The largest absolute Gasteiger partial charge is 0.481 e. The van der Waals surface area contributed by atoms with Gasteiger partial charge in [-0.3, -0.25) is 9.59 Å². The quantitative estimate of drug-likeness (QED) is 0.368. The topological polar surface area (TPSA) is 105 Å². The first-order chi connectivity index (χ1) is 16.4. The Hall–Kier alpha value is -3.17. The minimum Gasteiger partial charge on any atom is -0.481 e. The van der Waals surface area contributed by atoms with Crippen molar-refractivity contribution in [2.24, 2.45) is 0 Å². The second-order valence-electron chi connectivity index (χ2n) is 7.87. The fraction of sp³-hybridized carbons (Fsp3) is 0.240. The summed E-state index contributed by atoms with van der Waals surface area (Å²) in [6.07, 6.45) is -0.765. The molecule has 4 rings (SSSR count). The van der Waals surface area contributed by atoms with E-state index < -0.39 is 30.4 Å². The van der Waals surface area contributed by atoms with Crippen molar-refractivity contribution in [3.63, 3.8) is 0 Å². The third-order valence-electron chi connectivity index (χ3n) is 5.63. The molecular formula is C25H23BrN2O5S. The van der Waals surface area contributed by atoms with Gasteiger partial charge >= 0.3 is 12.1 Å². The molecule has 0 fully saturated rings. The lowest BCUT2D eigenvalue weighted by molar-refractivity contribution is -0.139. The number of aliphatic carboxylic acids is 1. The Morgan fingerprint density at radius 1 is 1.00 bits per heavy atom. The van der Waals surface area contributed by atoms with Gasteiger partial charge in [-0.15, -0.1) is 11.3 Å². The first-order valence-corrected chi connectivity index (χ1v) is 12.4. The number of thiophene rings is 1. The number of nitrogens with one attached hydrogen (secondary N) is 2. The highest BCUT2D eigenvalue weighted by atomic mass is 79.9. The number of alkyl carbamates (subject to hydrolysis) is 1. The Balaban J connectivity index is 1.35. The Morgan fingerprint density at radius 3 is 2.24 bits per heavy atom. The summed E-state index contributed by atoms with van der Waals surface area (Å²) in [6.45, 7) is 0.406. The van der Waals surface area contributed by atoms with E-state index in [-0.39, 0.29) is 12.5 Å². The lowest BCUT2D eigenvalue weighted by atomic mass is 9.98. The van der Waals surface area contributed by atoms with Gasteiger partial charge in [0.2, 0.25) is 5.91 Å². The van der Waals surface area contributed by atoms with E-state index in [1.54, 1.807) is 11.3 Å². The van der Waals surface area contributed by atoms with Crippen molar-refractivity contribution in [3.05, 3.63) is 80.5 Å². The predicted octanol–water partition coefficient (Wildman–Crippen LogP) is 4.55. The van der Waals surface area contributed by atoms with Crippen LogP contribution >= 0.6 is 27.3 Å². The number of hydrogen-bond donors (Lipinski definition) is 3. The average molecular weight is 543 g/mol. The highest BCUT2D eigenvalue weighted by Gasteiger charge is 2.30. The molecule has 3 aromatic rings. The second kappa shape index (κ2) is 10.8. The summed E-state index contributed by atoms with van der Waals surface area (Å²) in [5.74, 6) is -1.89. The molecule has 0 saturated carbocycles. The Labute approximate surface area is 209 Å². The summed E-state index contributed by atoms with van der Waals surface area (Å²) in [6, 6.07) is 18.6. The van der Waals surface area contributed by atoms with E-state index >= 15 is 0 Å². The number of carboxylic acids is 1. The third kappa shape index (κ3) is 5.66. The molecule has 1 aliphatic rings. The van der Waals surface area contributed by atoms with E-state index in [1.807, 2.05) is 60.7 Å². The Bertz CT molecular complexity index is 1170. The fourth-order valence-electron chi connectivity index (χ4n) is 4.08. The minimum absolute atomic E-state index is 0.0779. The van der Waals surface area contributed by atoms with Gasteiger partial charge in [0, 0.05) is 17.3 Å². The summed E-state index contributed by atoms with van der Waals surface area (Å²) in [5.41, 5.74) is 4.34. The van der Waals surface area contributed by atoms with E-state index in [2.05, 4.69) is 26.6 Å². The number of halogens is 1. The van der Waals surface area contributed by atoms with Crippen molar-refractivity contribution < 1.29 is 24.2 Å². The molecule has 1 heterocycles. The van der Waals surface area contributed by atoms with Gasteiger partial charge in [0.15, 0.2) is 0 Å². The summed E-state index contributed by atoms with van der Waals surface area (Å²) >= 11 is 4.95. The monoisotopic (exact) mass is 542 g/mol. The molecule has 2 amide bonds. The number of fused-ring (bicyclic) bond motifs is 3. The molecule has 0 saturated heterocycles. The minimum atomic E-state index is -1.23. The standard InChI is InChI=1S/C25H23BrN2O5S/c26-22-10-9-15(34-22)11-12-27-24(31)21(13-23(29)30)28-25(32)33-14-20-18-7-3-1-5-16(18)17-6-2-4-8-19(17)20/h1-10,20-21H,11-14H2,(H,27,31)(H,28,32)(H,29,30). The molecule has 2 aromatic carbocycles. The van der Waals surface area contributed by atoms with Gasteiger partial charge in [-0.1, -0.05) is 48.5 Å². The summed E-state index contributed by atoms with van der Waals surface area (Å²) in [7, 11) is 0. The van der Waals surface area contributed by atoms with Crippen LogP contribution in [0, 0.1) is 0 Å². The molecule has 7 nitrogen and oxygen atoms in total. The number of rotatable bonds is 9. The van der Waals surface area contributed by atoms with Crippen LogP contribution in [0.5, 0.6) is 0 Å². The maximum absolute atomic E-state index is 12.5. The molecule has 1 aromatic heterocycles. The zero-order valence-electron chi connectivity index (χ0n) is 18.1. The summed E-state index contributed by atoms with van der Waals surface area (Å²) in [5, 5.41) is 14.3. The van der Waals surface area contributed by atoms with Crippen molar-refractivity contribution in [1.82, 2.24) is 10.6 Å². The van der Waals surface area contributed by atoms with Gasteiger partial charge in [0.1, 0.15) is 12.6 Å². The van der Waals surface area contributed by atoms with Crippen LogP contribution in [-0.2, 0) is 20.7 Å². The smallest absolute Gasteiger partial charge is 0.407 e. The molecule has 1 atom stereocenters. The van der Waals surface area contributed by atoms with Crippen LogP contribution in [-0.4, -0.2) is 42.3 Å². The second-order valence-corrected chi connectivity index (χ2v) is 10.4. The lowest BCUT2D eigenvalue weighted by Crippen LogP contribution is -2.48. The first-order valence-electron chi connectivity index (χ1n) is 10.8. The van der Waals surface area contributed by atoms with Crippen molar-refractivity contribution in [3.8, 4) is 11.1 Å². The molecule has 0 spiro atoms. The van der Waals surface area contributed by atoms with Gasteiger partial charge in [0.05, 0.1) is 10.2 Å². The van der Waals surface area contributed by atoms with Crippen molar-refractivity contribution >= 4 is 45.2 Å². The SMILES string of the molecule is O=C(O)CC(NC(=O)OCC1c2ccccc2-c2ccccc21)C(=O)NCCc1ccc(Br)s1. The Morgan fingerprint density at radius 2 is 1.65 bits per heavy atom. The van der Waals surface area contributed by atoms with Gasteiger partial charge in [0.25, 0.3) is 0 Å². The van der Waals surface area contributed by atoms with Crippen molar-refractivity contribution in [2.75, 3.05) is 13.2 Å². The first kappa shape index (κ1) is 24.0. The van der Waals surface area contributed by atoms with Gasteiger partial charge < -0.3 is 20.5 Å². The predicted molar refractivity (Wildman–Crippen MR) is 133 cm³/mol. The van der Waals surface area contributed by atoms with E-state index in [0.717, 1.165) is 30.9 Å². The van der Waals surface area contributed by atoms with Crippen molar-refractivity contribution in [2.45, 2.75) is 24.8 Å². The molecule has 1 aliphatic carbocycles. The third-order valence-corrected chi connectivity index (χ3v) is 7.31. The fourth-order valence-corrected chi connectivity index (χ4v) is 5.57. The molecule has 34 heavy (non-hydrogen) atoms. The van der Waals surface area contributed by atoms with Crippen LogP contribution in [0.3, 0.4) is 0 Å². The van der Waals surface area contributed by atoms with Gasteiger partial charge in [-0.25, -0.2) is 4.79 Å². The van der Waals surface area contributed by atoms with Crippen LogP contribution in [0.4, 0.5) is 4.79 Å². The molecule has 0 aliphatic heterocycles. The number of carboxylic acid groups (broad SMARTS) is 1. The van der Waals surface area contributed by atoms with Crippen LogP contribution in [0.1, 0.15) is 28.3 Å². The summed E-state index contributed by atoms with van der Waals surface area (Å²) in [4.78, 5) is 37.4. The average Bonchev–Trinajstić information content (AvgIpc) is 3.37. The van der Waals surface area contributed by atoms with Crippen molar-refractivity contribution in [1.29, 1.82) is 0 Å². The maximum Gasteiger partial charge on any atom is 0.407 e. The van der Waals surface area contributed by atoms with E-state index in [1.165, 1.54) is 0 Å². The normalized spacial score (nSPS) is 13.0. The number of hydrogen-bond acceptors (Lipinski definition) is 5. The number of carbonyl (C=O) groups is 3. The highest BCUT2D eigenvalue weighted by molar-refractivity contribution is 9.11. The van der Waals surface area contributed by atoms with Crippen LogP contribution in [0.15, 0.2) is 64.5 Å². The highest BCUT2D eigenvalue weighted by Crippen LogP contribution is 2.44. The molecule has 1 unspecified atom stereocenters. The lowest BCUT2D eigenvalue weighted by Gasteiger charge is -2.18. The van der Waals surface area contributed by atoms with Crippen LogP contribution < -0.4 is 10.6 Å². The van der Waals surface area contributed by atoms with Gasteiger partial charge in [-0.05, 0) is 56.7 Å². The number of ether oxygens (including phenoxy) is 1. The number of benzene rings is 2. The molecule has 3 N–H and O–H groups in total. The van der Waals surface area contributed by atoms with E-state index in [9.17, 15) is 19.5 Å². The van der Waals surface area contributed by atoms with E-state index in [0.29, 0.717) is 13.0 Å². The maximum atomic E-state index is 12.5. The molecule has 0 radical (unpaired) electrons. The number of amides is 2. The summed E-state index contributed by atoms with van der Waals surface area (Å²) < 4.78 is 6.45.